The molecule has 0 heterocycles. The lowest BCUT2D eigenvalue weighted by Gasteiger charge is -2.18. The Morgan fingerprint density at radius 1 is 1.11 bits per heavy atom. The van der Waals surface area contributed by atoms with E-state index in [1.165, 1.54) is 6.26 Å². The van der Waals surface area contributed by atoms with Gasteiger partial charge < -0.3 is 14.8 Å². The summed E-state index contributed by atoms with van der Waals surface area (Å²) in [5.74, 6) is 0. The van der Waals surface area contributed by atoms with Crippen LogP contribution in [0.25, 0.3) is 0 Å². The fourth-order valence-corrected chi connectivity index (χ4v) is 2.19. The number of anilines is 1. The molecule has 0 radical (unpaired) electrons. The summed E-state index contributed by atoms with van der Waals surface area (Å²) in [6.45, 7) is 5.50. The Labute approximate surface area is 114 Å². The largest absolute Gasteiger partial charge is 0.380 e. The molecule has 0 amide bonds. The minimum Gasteiger partial charge on any atom is -0.380 e. The van der Waals surface area contributed by atoms with Crippen molar-refractivity contribution in [2.75, 3.05) is 31.3 Å². The Hall–Kier alpha value is -1.11. The molecule has 0 spiro atoms. The first-order valence-electron chi connectivity index (χ1n) is 6.24. The zero-order valence-corrected chi connectivity index (χ0v) is 12.4. The van der Waals surface area contributed by atoms with Crippen molar-refractivity contribution in [3.05, 3.63) is 24.3 Å². The van der Waals surface area contributed by atoms with Crippen molar-refractivity contribution >= 4 is 15.5 Å². The summed E-state index contributed by atoms with van der Waals surface area (Å²) in [7, 11) is -3.15. The van der Waals surface area contributed by atoms with Crippen LogP contribution < -0.4 is 5.32 Å². The molecule has 5 nitrogen and oxygen atoms in total. The molecule has 19 heavy (non-hydrogen) atoms. The van der Waals surface area contributed by atoms with E-state index in [1.54, 1.807) is 24.3 Å². The molecular formula is C13H21NO4S. The summed E-state index contributed by atoms with van der Waals surface area (Å²) in [4.78, 5) is 0.309. The number of benzene rings is 1. The molecule has 0 unspecified atom stereocenters. The smallest absolute Gasteiger partial charge is 0.175 e. The van der Waals surface area contributed by atoms with Crippen LogP contribution in [0.3, 0.4) is 0 Å². The van der Waals surface area contributed by atoms with Gasteiger partial charge in [0.2, 0.25) is 0 Å². The van der Waals surface area contributed by atoms with Crippen LogP contribution in [0.1, 0.15) is 13.8 Å². The van der Waals surface area contributed by atoms with Gasteiger partial charge in [0.25, 0.3) is 0 Å². The highest BCUT2D eigenvalue weighted by Crippen LogP contribution is 2.14. The molecule has 1 aromatic carbocycles. The van der Waals surface area contributed by atoms with E-state index >= 15 is 0 Å². The minimum absolute atomic E-state index is 0.301. The molecule has 0 aromatic heterocycles. The third-order valence-electron chi connectivity index (χ3n) is 2.46. The van der Waals surface area contributed by atoms with Crippen molar-refractivity contribution in [1.29, 1.82) is 0 Å². The first-order chi connectivity index (χ1) is 8.97. The second-order valence-electron chi connectivity index (χ2n) is 4.02. The first kappa shape index (κ1) is 15.9. The van der Waals surface area contributed by atoms with Crippen molar-refractivity contribution in [3.63, 3.8) is 0 Å². The molecular weight excluding hydrogens is 266 g/mol. The van der Waals surface area contributed by atoms with Gasteiger partial charge in [0.1, 0.15) is 0 Å². The highest BCUT2D eigenvalue weighted by molar-refractivity contribution is 7.90. The van der Waals surface area contributed by atoms with Gasteiger partial charge in [0.15, 0.2) is 16.1 Å². The monoisotopic (exact) mass is 287 g/mol. The average molecular weight is 287 g/mol. The van der Waals surface area contributed by atoms with E-state index < -0.39 is 9.84 Å². The Balaban J connectivity index is 2.58. The Bertz CT molecular complexity index is 464. The van der Waals surface area contributed by atoms with Crippen molar-refractivity contribution in [3.8, 4) is 0 Å². The summed E-state index contributed by atoms with van der Waals surface area (Å²) in [5, 5.41) is 3.15. The molecule has 0 aliphatic rings. The third kappa shape index (κ3) is 5.59. The van der Waals surface area contributed by atoms with Gasteiger partial charge in [-0.3, -0.25) is 0 Å². The van der Waals surface area contributed by atoms with E-state index in [-0.39, 0.29) is 6.29 Å². The lowest BCUT2D eigenvalue weighted by molar-refractivity contribution is -0.126. The number of sulfone groups is 1. The lowest BCUT2D eigenvalue weighted by atomic mass is 10.3. The van der Waals surface area contributed by atoms with Gasteiger partial charge in [-0.1, -0.05) is 0 Å². The molecule has 1 rings (SSSR count). The molecule has 1 N–H and O–H groups in total. The van der Waals surface area contributed by atoms with Crippen molar-refractivity contribution in [2.24, 2.45) is 0 Å². The van der Waals surface area contributed by atoms with E-state index in [1.807, 2.05) is 13.8 Å². The maximum atomic E-state index is 11.3. The lowest BCUT2D eigenvalue weighted by Crippen LogP contribution is -2.26. The van der Waals surface area contributed by atoms with Crippen molar-refractivity contribution in [2.45, 2.75) is 25.0 Å². The van der Waals surface area contributed by atoms with E-state index in [4.69, 9.17) is 9.47 Å². The SMILES string of the molecule is CCOC(CNc1ccc(S(C)(=O)=O)cc1)OCC. The van der Waals surface area contributed by atoms with Crippen LogP contribution in [0.15, 0.2) is 29.2 Å². The summed E-state index contributed by atoms with van der Waals surface area (Å²) >= 11 is 0. The van der Waals surface area contributed by atoms with Gasteiger partial charge in [-0.25, -0.2) is 8.42 Å². The van der Waals surface area contributed by atoms with Crippen LogP contribution in [-0.4, -0.2) is 40.7 Å². The molecule has 0 bridgehead atoms. The zero-order chi connectivity index (χ0) is 14.3. The Morgan fingerprint density at radius 3 is 2.05 bits per heavy atom. The Morgan fingerprint density at radius 2 is 1.63 bits per heavy atom. The average Bonchev–Trinajstić information content (AvgIpc) is 2.36. The predicted molar refractivity (Wildman–Crippen MR) is 75.1 cm³/mol. The first-order valence-corrected chi connectivity index (χ1v) is 8.13. The summed E-state index contributed by atoms with van der Waals surface area (Å²) in [5.41, 5.74) is 0.830. The molecule has 0 aliphatic carbocycles. The highest BCUT2D eigenvalue weighted by atomic mass is 32.2. The van der Waals surface area contributed by atoms with E-state index in [9.17, 15) is 8.42 Å². The van der Waals surface area contributed by atoms with E-state index in [0.29, 0.717) is 24.7 Å². The maximum absolute atomic E-state index is 11.3. The fourth-order valence-electron chi connectivity index (χ4n) is 1.56. The molecule has 0 saturated carbocycles. The molecule has 0 aliphatic heterocycles. The van der Waals surface area contributed by atoms with E-state index in [2.05, 4.69) is 5.32 Å². The molecule has 0 atom stereocenters. The molecule has 6 heteroatoms. The van der Waals surface area contributed by atoms with Crippen LogP contribution in [-0.2, 0) is 19.3 Å². The van der Waals surface area contributed by atoms with Crippen LogP contribution in [0.2, 0.25) is 0 Å². The zero-order valence-electron chi connectivity index (χ0n) is 11.5. The number of ether oxygens (including phenoxy) is 2. The Kier molecular flexibility index (Phi) is 6.27. The van der Waals surface area contributed by atoms with Gasteiger partial charge in [-0.05, 0) is 38.1 Å². The maximum Gasteiger partial charge on any atom is 0.175 e. The molecule has 0 saturated heterocycles. The van der Waals surface area contributed by atoms with Crippen molar-refractivity contribution < 1.29 is 17.9 Å². The molecule has 0 fully saturated rings. The molecule has 108 valence electrons. The summed E-state index contributed by atoms with van der Waals surface area (Å²) in [6, 6.07) is 6.61. The topological polar surface area (TPSA) is 64.6 Å². The van der Waals surface area contributed by atoms with Crippen LogP contribution in [0.4, 0.5) is 5.69 Å². The number of hydrogen-bond donors (Lipinski definition) is 1. The van der Waals surface area contributed by atoms with E-state index in [0.717, 1.165) is 5.69 Å². The normalized spacial score (nSPS) is 11.8. The number of nitrogens with one attached hydrogen (secondary N) is 1. The number of hydrogen-bond acceptors (Lipinski definition) is 5. The third-order valence-corrected chi connectivity index (χ3v) is 3.59. The van der Waals surface area contributed by atoms with Gasteiger partial charge >= 0.3 is 0 Å². The minimum atomic E-state index is -3.15. The number of rotatable bonds is 8. The summed E-state index contributed by atoms with van der Waals surface area (Å²) < 4.78 is 33.4. The second kappa shape index (κ2) is 7.47. The van der Waals surface area contributed by atoms with Gasteiger partial charge in [0, 0.05) is 25.2 Å². The van der Waals surface area contributed by atoms with Crippen LogP contribution in [0, 0.1) is 0 Å². The van der Waals surface area contributed by atoms with Gasteiger partial charge in [0.05, 0.1) is 11.4 Å². The quantitative estimate of drug-likeness (QED) is 0.740. The highest BCUT2D eigenvalue weighted by Gasteiger charge is 2.09. The standard InChI is InChI=1S/C13H21NO4S/c1-4-17-13(18-5-2)10-14-11-6-8-12(9-7-11)19(3,15)16/h6-9,13-14H,4-5,10H2,1-3H3. The van der Waals surface area contributed by atoms with Crippen LogP contribution >= 0.6 is 0 Å². The van der Waals surface area contributed by atoms with Crippen LogP contribution in [0.5, 0.6) is 0 Å². The molecule has 1 aromatic rings. The fraction of sp³-hybridized carbons (Fsp3) is 0.538. The van der Waals surface area contributed by atoms with Crippen molar-refractivity contribution in [1.82, 2.24) is 0 Å². The predicted octanol–water partition coefficient (Wildman–Crippen LogP) is 1.90. The second-order valence-corrected chi connectivity index (χ2v) is 6.03. The van der Waals surface area contributed by atoms with Gasteiger partial charge in [-0.2, -0.15) is 0 Å². The van der Waals surface area contributed by atoms with Gasteiger partial charge in [-0.15, -0.1) is 0 Å². The summed E-state index contributed by atoms with van der Waals surface area (Å²) in [6.07, 6.45) is 0.889.